The molecule has 0 radical (unpaired) electrons. The van der Waals surface area contributed by atoms with Crippen LogP contribution in [0.1, 0.15) is 19.1 Å². The van der Waals surface area contributed by atoms with Crippen LogP contribution in [0.15, 0.2) is 28.8 Å². The molecule has 1 unspecified atom stereocenters. The van der Waals surface area contributed by atoms with E-state index < -0.39 is 17.7 Å². The topological polar surface area (TPSA) is 67.2 Å². The molecule has 5 nitrogen and oxygen atoms in total. The van der Waals surface area contributed by atoms with Gasteiger partial charge in [-0.25, -0.2) is 8.78 Å². The molecule has 0 saturated carbocycles. The average Bonchev–Trinajstić information content (AvgIpc) is 2.85. The van der Waals surface area contributed by atoms with Gasteiger partial charge in [0.1, 0.15) is 11.8 Å². The number of aromatic nitrogens is 1. The number of anilines is 2. The number of halogens is 2. The number of nitrogens with one attached hydrogen (secondary N) is 2. The Morgan fingerprint density at radius 3 is 2.67 bits per heavy atom. The third kappa shape index (κ3) is 3.77. The molecule has 2 N–H and O–H groups in total. The van der Waals surface area contributed by atoms with Crippen LogP contribution in [0, 0.1) is 18.6 Å². The van der Waals surface area contributed by atoms with Crippen LogP contribution in [-0.4, -0.2) is 17.1 Å². The summed E-state index contributed by atoms with van der Waals surface area (Å²) >= 11 is 0. The molecule has 0 aliphatic heterocycles. The Balaban J connectivity index is 2.04. The highest BCUT2D eigenvalue weighted by atomic mass is 19.2. The van der Waals surface area contributed by atoms with Gasteiger partial charge in [0.25, 0.3) is 0 Å². The van der Waals surface area contributed by atoms with Crippen molar-refractivity contribution < 1.29 is 18.1 Å². The number of benzene rings is 1. The second-order valence-electron chi connectivity index (χ2n) is 4.55. The van der Waals surface area contributed by atoms with E-state index in [-0.39, 0.29) is 5.91 Å². The van der Waals surface area contributed by atoms with Crippen molar-refractivity contribution in [2.75, 3.05) is 10.6 Å². The second kappa shape index (κ2) is 6.34. The van der Waals surface area contributed by atoms with Crippen LogP contribution in [0.5, 0.6) is 0 Å². The molecule has 1 atom stereocenters. The first kappa shape index (κ1) is 15.0. The van der Waals surface area contributed by atoms with Crippen LogP contribution >= 0.6 is 0 Å². The summed E-state index contributed by atoms with van der Waals surface area (Å²) < 4.78 is 30.9. The van der Waals surface area contributed by atoms with Gasteiger partial charge in [0.15, 0.2) is 17.5 Å². The van der Waals surface area contributed by atoms with Gasteiger partial charge in [-0.05, 0) is 25.5 Å². The molecule has 0 saturated heterocycles. The first-order valence-electron chi connectivity index (χ1n) is 6.45. The van der Waals surface area contributed by atoms with Crippen molar-refractivity contribution in [1.82, 2.24) is 5.16 Å². The number of carbonyl (C=O) groups is 1. The summed E-state index contributed by atoms with van der Waals surface area (Å²) in [6.07, 6.45) is 0.460. The summed E-state index contributed by atoms with van der Waals surface area (Å²) in [6, 6.07) is 4.36. The van der Waals surface area contributed by atoms with Gasteiger partial charge in [0.05, 0.1) is 0 Å². The van der Waals surface area contributed by atoms with Crippen molar-refractivity contribution in [2.24, 2.45) is 0 Å². The second-order valence-corrected chi connectivity index (χ2v) is 4.55. The van der Waals surface area contributed by atoms with Gasteiger partial charge in [-0.2, -0.15) is 0 Å². The standard InChI is InChI=1S/C14H15F2N3O2/c1-3-12(14(20)18-13-6-8(2)21-19-13)17-9-4-5-10(15)11(16)7-9/h4-7,12,17H,3H2,1-2H3,(H,18,19,20). The predicted molar refractivity (Wildman–Crippen MR) is 73.9 cm³/mol. The van der Waals surface area contributed by atoms with E-state index in [0.29, 0.717) is 23.7 Å². The molecule has 1 amide bonds. The lowest BCUT2D eigenvalue weighted by atomic mass is 10.2. The number of amides is 1. The van der Waals surface area contributed by atoms with Crippen molar-refractivity contribution in [1.29, 1.82) is 0 Å². The summed E-state index contributed by atoms with van der Waals surface area (Å²) in [7, 11) is 0. The lowest BCUT2D eigenvalue weighted by Crippen LogP contribution is -2.34. The highest BCUT2D eigenvalue weighted by Crippen LogP contribution is 2.16. The van der Waals surface area contributed by atoms with Gasteiger partial charge < -0.3 is 15.2 Å². The van der Waals surface area contributed by atoms with E-state index >= 15 is 0 Å². The molecule has 2 aromatic rings. The molecule has 1 aromatic heterocycles. The molecule has 0 aliphatic carbocycles. The van der Waals surface area contributed by atoms with Gasteiger partial charge in [-0.1, -0.05) is 12.1 Å². The molecule has 2 rings (SSSR count). The molecule has 0 fully saturated rings. The summed E-state index contributed by atoms with van der Waals surface area (Å²) in [4.78, 5) is 12.1. The van der Waals surface area contributed by atoms with E-state index in [1.165, 1.54) is 6.07 Å². The maximum absolute atomic E-state index is 13.1. The first-order chi connectivity index (χ1) is 9.99. The Kier molecular flexibility index (Phi) is 4.52. The zero-order chi connectivity index (χ0) is 15.4. The molecular formula is C14H15F2N3O2. The molecule has 1 aromatic carbocycles. The number of hydrogen-bond acceptors (Lipinski definition) is 4. The molecule has 21 heavy (non-hydrogen) atoms. The minimum Gasteiger partial charge on any atom is -0.374 e. The van der Waals surface area contributed by atoms with Gasteiger partial charge in [0, 0.05) is 17.8 Å². The van der Waals surface area contributed by atoms with Crippen LogP contribution in [-0.2, 0) is 4.79 Å². The van der Waals surface area contributed by atoms with E-state index in [9.17, 15) is 13.6 Å². The van der Waals surface area contributed by atoms with E-state index in [2.05, 4.69) is 15.8 Å². The zero-order valence-corrected chi connectivity index (χ0v) is 11.6. The normalized spacial score (nSPS) is 12.0. The van der Waals surface area contributed by atoms with Crippen LogP contribution in [0.25, 0.3) is 0 Å². The van der Waals surface area contributed by atoms with E-state index in [4.69, 9.17) is 4.52 Å². The number of aryl methyl sites for hydroxylation is 1. The highest BCUT2D eigenvalue weighted by molar-refractivity contribution is 5.95. The minimum absolute atomic E-state index is 0.308. The van der Waals surface area contributed by atoms with Gasteiger partial charge in [-0.15, -0.1) is 0 Å². The molecule has 0 spiro atoms. The fraction of sp³-hybridized carbons (Fsp3) is 0.286. The fourth-order valence-corrected chi connectivity index (χ4v) is 1.78. The molecule has 0 aliphatic rings. The largest absolute Gasteiger partial charge is 0.374 e. The van der Waals surface area contributed by atoms with E-state index in [1.807, 2.05) is 0 Å². The third-order valence-electron chi connectivity index (χ3n) is 2.86. The monoisotopic (exact) mass is 295 g/mol. The number of carbonyl (C=O) groups excluding carboxylic acids is 1. The van der Waals surface area contributed by atoms with Gasteiger partial charge >= 0.3 is 0 Å². The average molecular weight is 295 g/mol. The quantitative estimate of drug-likeness (QED) is 0.889. The Morgan fingerprint density at radius 2 is 2.10 bits per heavy atom. The van der Waals surface area contributed by atoms with Crippen LogP contribution in [0.3, 0.4) is 0 Å². The number of hydrogen-bond donors (Lipinski definition) is 2. The van der Waals surface area contributed by atoms with E-state index in [0.717, 1.165) is 12.1 Å². The van der Waals surface area contributed by atoms with Crippen LogP contribution in [0.2, 0.25) is 0 Å². The van der Waals surface area contributed by atoms with E-state index in [1.54, 1.807) is 19.9 Å². The molecular weight excluding hydrogens is 280 g/mol. The van der Waals surface area contributed by atoms with Gasteiger partial charge in [-0.3, -0.25) is 4.79 Å². The maximum atomic E-state index is 13.1. The highest BCUT2D eigenvalue weighted by Gasteiger charge is 2.18. The van der Waals surface area contributed by atoms with Crippen molar-refractivity contribution >= 4 is 17.4 Å². The van der Waals surface area contributed by atoms with Crippen molar-refractivity contribution in [3.8, 4) is 0 Å². The van der Waals surface area contributed by atoms with Crippen molar-refractivity contribution in [3.05, 3.63) is 41.7 Å². The molecule has 0 bridgehead atoms. The SMILES string of the molecule is CCC(Nc1ccc(F)c(F)c1)C(=O)Nc1cc(C)on1. The first-order valence-corrected chi connectivity index (χ1v) is 6.45. The smallest absolute Gasteiger partial charge is 0.248 e. The summed E-state index contributed by atoms with van der Waals surface area (Å²) in [5.41, 5.74) is 0.326. The lowest BCUT2D eigenvalue weighted by molar-refractivity contribution is -0.117. The predicted octanol–water partition coefficient (Wildman–Crippen LogP) is 3.09. The van der Waals surface area contributed by atoms with Gasteiger partial charge in [0.2, 0.25) is 5.91 Å². The third-order valence-corrected chi connectivity index (χ3v) is 2.86. The van der Waals surface area contributed by atoms with Crippen LogP contribution in [0.4, 0.5) is 20.3 Å². The minimum atomic E-state index is -0.970. The Hall–Kier alpha value is -2.44. The Bertz CT molecular complexity index is 643. The summed E-state index contributed by atoms with van der Waals surface area (Å²) in [5.74, 6) is -1.36. The fourth-order valence-electron chi connectivity index (χ4n) is 1.78. The van der Waals surface area contributed by atoms with Crippen molar-refractivity contribution in [3.63, 3.8) is 0 Å². The number of nitrogens with zero attached hydrogens (tertiary/aromatic N) is 1. The number of rotatable bonds is 5. The zero-order valence-electron chi connectivity index (χ0n) is 11.6. The van der Waals surface area contributed by atoms with Crippen molar-refractivity contribution in [2.45, 2.75) is 26.3 Å². The molecule has 1 heterocycles. The molecule has 7 heteroatoms. The molecule has 112 valence electrons. The lowest BCUT2D eigenvalue weighted by Gasteiger charge is -2.17. The van der Waals surface area contributed by atoms with Crippen LogP contribution < -0.4 is 10.6 Å². The summed E-state index contributed by atoms with van der Waals surface area (Å²) in [5, 5.41) is 9.09. The Labute approximate surface area is 120 Å². The maximum Gasteiger partial charge on any atom is 0.248 e. The summed E-state index contributed by atoms with van der Waals surface area (Å²) in [6.45, 7) is 3.50. The Morgan fingerprint density at radius 1 is 1.33 bits per heavy atom.